The predicted molar refractivity (Wildman–Crippen MR) is 58.0 cm³/mol. The fraction of sp³-hybridized carbons (Fsp3) is 0.444. The van der Waals surface area contributed by atoms with Crippen LogP contribution in [0.5, 0.6) is 0 Å². The Balaban J connectivity index is 2.17. The van der Waals surface area contributed by atoms with Gasteiger partial charge in [-0.05, 0) is 6.92 Å². The van der Waals surface area contributed by atoms with Crippen LogP contribution in [-0.4, -0.2) is 33.6 Å². The average molecular weight is 244 g/mol. The van der Waals surface area contributed by atoms with E-state index < -0.39 is 5.97 Å². The number of thioether (sulfide) groups is 1. The molecular weight excluding hydrogens is 232 g/mol. The van der Waals surface area contributed by atoms with Gasteiger partial charge in [0.05, 0.1) is 23.7 Å². The molecule has 0 fully saturated rings. The second-order valence-corrected chi connectivity index (χ2v) is 4.08. The highest BCUT2D eigenvalue weighted by atomic mass is 32.2. The number of carbonyl (C=O) groups excluding carboxylic acids is 1. The number of nitrogens with one attached hydrogen (secondary N) is 1. The van der Waals surface area contributed by atoms with Crippen molar-refractivity contribution in [2.45, 2.75) is 13.5 Å². The summed E-state index contributed by atoms with van der Waals surface area (Å²) < 4.78 is 4.89. The highest BCUT2D eigenvalue weighted by Crippen LogP contribution is 2.02. The van der Waals surface area contributed by atoms with E-state index in [2.05, 4.69) is 10.5 Å². The standard InChI is InChI=1S/C9H12N2O4S/c1-6-2-7(15-11-6)3-10-8(12)4-16-5-9(13)14/h2H,3-5H2,1H3,(H,10,12)(H,13,14). The van der Waals surface area contributed by atoms with Crippen molar-refractivity contribution >= 4 is 23.6 Å². The van der Waals surface area contributed by atoms with Gasteiger partial charge < -0.3 is 14.9 Å². The van der Waals surface area contributed by atoms with Crippen LogP contribution in [0.3, 0.4) is 0 Å². The van der Waals surface area contributed by atoms with Crippen molar-refractivity contribution in [3.05, 3.63) is 17.5 Å². The molecule has 0 aliphatic rings. The van der Waals surface area contributed by atoms with E-state index in [1.165, 1.54) is 0 Å². The second kappa shape index (κ2) is 6.16. The predicted octanol–water partition coefficient (Wildman–Crippen LogP) is 0.417. The summed E-state index contributed by atoms with van der Waals surface area (Å²) in [4.78, 5) is 21.4. The lowest BCUT2D eigenvalue weighted by atomic mass is 10.4. The molecule has 0 radical (unpaired) electrons. The molecule has 1 aromatic rings. The topological polar surface area (TPSA) is 92.4 Å². The highest BCUT2D eigenvalue weighted by Gasteiger charge is 2.06. The van der Waals surface area contributed by atoms with E-state index in [0.717, 1.165) is 17.5 Å². The van der Waals surface area contributed by atoms with Gasteiger partial charge in [0.2, 0.25) is 5.91 Å². The third-order valence-electron chi connectivity index (χ3n) is 1.60. The molecule has 0 unspecified atom stereocenters. The minimum Gasteiger partial charge on any atom is -0.481 e. The molecule has 0 atom stereocenters. The van der Waals surface area contributed by atoms with Crippen LogP contribution in [0.4, 0.5) is 0 Å². The number of carboxylic acids is 1. The maximum atomic E-state index is 11.2. The minimum absolute atomic E-state index is 0.0746. The Hall–Kier alpha value is -1.50. The molecule has 88 valence electrons. The van der Waals surface area contributed by atoms with Gasteiger partial charge in [-0.1, -0.05) is 5.16 Å². The molecule has 7 heteroatoms. The van der Waals surface area contributed by atoms with Crippen molar-refractivity contribution in [1.82, 2.24) is 10.5 Å². The molecule has 1 amide bonds. The van der Waals surface area contributed by atoms with Gasteiger partial charge in [0.15, 0.2) is 5.76 Å². The number of hydrogen-bond donors (Lipinski definition) is 2. The molecule has 0 saturated carbocycles. The van der Waals surface area contributed by atoms with Crippen molar-refractivity contribution in [1.29, 1.82) is 0 Å². The SMILES string of the molecule is Cc1cc(CNC(=O)CSCC(=O)O)on1. The van der Waals surface area contributed by atoms with Crippen LogP contribution in [0, 0.1) is 6.92 Å². The summed E-state index contributed by atoms with van der Waals surface area (Å²) in [7, 11) is 0. The van der Waals surface area contributed by atoms with Crippen LogP contribution in [-0.2, 0) is 16.1 Å². The summed E-state index contributed by atoms with van der Waals surface area (Å²) in [5.74, 6) is -0.521. The normalized spacial score (nSPS) is 10.1. The Morgan fingerprint density at radius 3 is 2.88 bits per heavy atom. The molecule has 1 aromatic heterocycles. The zero-order valence-corrected chi connectivity index (χ0v) is 9.54. The molecule has 0 aliphatic carbocycles. The second-order valence-electron chi connectivity index (χ2n) is 3.10. The van der Waals surface area contributed by atoms with E-state index in [9.17, 15) is 9.59 Å². The third kappa shape index (κ3) is 4.83. The smallest absolute Gasteiger partial charge is 0.313 e. The summed E-state index contributed by atoms with van der Waals surface area (Å²) in [6.45, 7) is 2.06. The summed E-state index contributed by atoms with van der Waals surface area (Å²) in [6, 6.07) is 1.73. The zero-order chi connectivity index (χ0) is 12.0. The van der Waals surface area contributed by atoms with Crippen LogP contribution in [0.15, 0.2) is 10.6 Å². The third-order valence-corrected chi connectivity index (χ3v) is 2.51. The first-order valence-corrected chi connectivity index (χ1v) is 5.72. The minimum atomic E-state index is -0.927. The number of aromatic nitrogens is 1. The lowest BCUT2D eigenvalue weighted by Crippen LogP contribution is -2.24. The van der Waals surface area contributed by atoms with Crippen molar-refractivity contribution < 1.29 is 19.2 Å². The van der Waals surface area contributed by atoms with Crippen LogP contribution in [0.25, 0.3) is 0 Å². The van der Waals surface area contributed by atoms with Gasteiger partial charge in [-0.2, -0.15) is 0 Å². The first-order valence-electron chi connectivity index (χ1n) is 4.56. The number of amides is 1. The van der Waals surface area contributed by atoms with E-state index in [4.69, 9.17) is 9.63 Å². The molecule has 0 spiro atoms. The Bertz CT molecular complexity index is 377. The number of nitrogens with zero attached hydrogens (tertiary/aromatic N) is 1. The maximum Gasteiger partial charge on any atom is 0.313 e. The molecule has 0 bridgehead atoms. The van der Waals surface area contributed by atoms with Crippen molar-refractivity contribution in [2.75, 3.05) is 11.5 Å². The summed E-state index contributed by atoms with van der Waals surface area (Å²) >= 11 is 1.05. The van der Waals surface area contributed by atoms with Crippen LogP contribution < -0.4 is 5.32 Å². The van der Waals surface area contributed by atoms with Gasteiger partial charge in [0.25, 0.3) is 0 Å². The molecule has 0 aliphatic heterocycles. The maximum absolute atomic E-state index is 11.2. The zero-order valence-electron chi connectivity index (χ0n) is 8.73. The van der Waals surface area contributed by atoms with Gasteiger partial charge >= 0.3 is 5.97 Å². The number of aliphatic carboxylic acids is 1. The van der Waals surface area contributed by atoms with E-state index in [1.54, 1.807) is 13.0 Å². The summed E-state index contributed by atoms with van der Waals surface area (Å²) in [5, 5.41) is 14.6. The van der Waals surface area contributed by atoms with E-state index in [1.807, 2.05) is 0 Å². The van der Waals surface area contributed by atoms with Gasteiger partial charge in [-0.25, -0.2) is 0 Å². The fourth-order valence-electron chi connectivity index (χ4n) is 0.967. The number of carboxylic acid groups (broad SMARTS) is 1. The highest BCUT2D eigenvalue weighted by molar-refractivity contribution is 8.00. The Morgan fingerprint density at radius 2 is 2.31 bits per heavy atom. The van der Waals surface area contributed by atoms with Crippen LogP contribution >= 0.6 is 11.8 Å². The van der Waals surface area contributed by atoms with Gasteiger partial charge in [0, 0.05) is 6.07 Å². The summed E-state index contributed by atoms with van der Waals surface area (Å²) in [6.07, 6.45) is 0. The van der Waals surface area contributed by atoms with Gasteiger partial charge in [-0.3, -0.25) is 9.59 Å². The Morgan fingerprint density at radius 1 is 1.56 bits per heavy atom. The number of aryl methyl sites for hydroxylation is 1. The molecule has 16 heavy (non-hydrogen) atoms. The largest absolute Gasteiger partial charge is 0.481 e. The van der Waals surface area contributed by atoms with Crippen molar-refractivity contribution in [2.24, 2.45) is 0 Å². The molecule has 0 saturated heterocycles. The van der Waals surface area contributed by atoms with Gasteiger partial charge in [-0.15, -0.1) is 11.8 Å². The van der Waals surface area contributed by atoms with E-state index >= 15 is 0 Å². The number of rotatable bonds is 6. The molecule has 2 N–H and O–H groups in total. The lowest BCUT2D eigenvalue weighted by Gasteiger charge is -2.00. The van der Waals surface area contributed by atoms with E-state index in [0.29, 0.717) is 5.76 Å². The molecule has 0 aromatic carbocycles. The first kappa shape index (κ1) is 12.6. The number of carbonyl (C=O) groups is 2. The molecule has 1 rings (SSSR count). The average Bonchev–Trinajstić information content (AvgIpc) is 2.61. The number of hydrogen-bond acceptors (Lipinski definition) is 5. The molecule has 6 nitrogen and oxygen atoms in total. The van der Waals surface area contributed by atoms with E-state index in [-0.39, 0.29) is 24.0 Å². The van der Waals surface area contributed by atoms with Crippen molar-refractivity contribution in [3.8, 4) is 0 Å². The quantitative estimate of drug-likeness (QED) is 0.753. The van der Waals surface area contributed by atoms with Gasteiger partial charge in [0.1, 0.15) is 0 Å². The molecular formula is C9H12N2O4S. The first-order chi connectivity index (χ1) is 7.58. The van der Waals surface area contributed by atoms with Crippen LogP contribution in [0.1, 0.15) is 11.5 Å². The summed E-state index contributed by atoms with van der Waals surface area (Å²) in [5.41, 5.74) is 0.754. The van der Waals surface area contributed by atoms with Crippen LogP contribution in [0.2, 0.25) is 0 Å². The fourth-order valence-corrected chi connectivity index (χ4v) is 1.53. The Kier molecular flexibility index (Phi) is 4.84. The lowest BCUT2D eigenvalue weighted by molar-refractivity contribution is -0.133. The molecule has 1 heterocycles. The van der Waals surface area contributed by atoms with Crippen molar-refractivity contribution in [3.63, 3.8) is 0 Å². The Labute approximate surface area is 96.4 Å². The monoisotopic (exact) mass is 244 g/mol.